The lowest BCUT2D eigenvalue weighted by atomic mass is 10.1. The Labute approximate surface area is 118 Å². The van der Waals surface area contributed by atoms with Crippen LogP contribution in [-0.4, -0.2) is 21.1 Å². The third kappa shape index (κ3) is 2.73. The summed E-state index contributed by atoms with van der Waals surface area (Å²) in [5.41, 5.74) is 0.369. The lowest BCUT2D eigenvalue weighted by molar-refractivity contribution is 0.112. The molecule has 2 rings (SSSR count). The largest absolute Gasteiger partial charge is 0.298 e. The van der Waals surface area contributed by atoms with Crippen LogP contribution in [-0.2, 0) is 5.54 Å². The molecule has 6 heteroatoms. The zero-order valence-corrected chi connectivity index (χ0v) is 12.4. The number of aromatic nitrogens is 3. The molecule has 0 N–H and O–H groups in total. The molecule has 0 radical (unpaired) electrons. The Morgan fingerprint density at radius 1 is 1.37 bits per heavy atom. The van der Waals surface area contributed by atoms with Crippen molar-refractivity contribution in [3.05, 3.63) is 34.3 Å². The normalized spacial score (nSPS) is 11.6. The van der Waals surface area contributed by atoms with Gasteiger partial charge in [-0.2, -0.15) is 5.10 Å². The lowest BCUT2D eigenvalue weighted by Crippen LogP contribution is -2.22. The molecule has 2 aromatic heterocycles. The van der Waals surface area contributed by atoms with Crippen LogP contribution < -0.4 is 0 Å². The van der Waals surface area contributed by atoms with E-state index >= 15 is 0 Å². The summed E-state index contributed by atoms with van der Waals surface area (Å²) < 4.78 is 16.1. The second-order valence-electron chi connectivity index (χ2n) is 5.15. The molecule has 4 nitrogen and oxygen atoms in total. The molecular weight excluding hydrogens is 313 g/mol. The standard InChI is InChI=1S/C13H13BrFN3O/c1-13(2,3)18-6-8(7-19)11(17-18)12-10(15)4-9(14)5-16-12/h4-7H,1-3H3. The van der Waals surface area contributed by atoms with E-state index in [1.807, 2.05) is 20.8 Å². The van der Waals surface area contributed by atoms with Crippen molar-refractivity contribution in [2.45, 2.75) is 26.3 Å². The number of hydrogen-bond donors (Lipinski definition) is 0. The van der Waals surface area contributed by atoms with Gasteiger partial charge in [0.2, 0.25) is 0 Å². The summed E-state index contributed by atoms with van der Waals surface area (Å²) in [6, 6.07) is 1.30. The highest BCUT2D eigenvalue weighted by Crippen LogP contribution is 2.26. The third-order valence-corrected chi connectivity index (χ3v) is 3.02. The molecule has 0 saturated heterocycles. The number of carbonyl (C=O) groups excluding carboxylic acids is 1. The van der Waals surface area contributed by atoms with Crippen molar-refractivity contribution >= 4 is 22.2 Å². The van der Waals surface area contributed by atoms with Gasteiger partial charge in [-0.25, -0.2) is 4.39 Å². The molecule has 0 aliphatic rings. The van der Waals surface area contributed by atoms with Crippen LogP contribution >= 0.6 is 15.9 Å². The molecule has 0 saturated carbocycles. The summed E-state index contributed by atoms with van der Waals surface area (Å²) in [6.07, 6.45) is 3.74. The number of rotatable bonds is 2. The molecular formula is C13H13BrFN3O. The number of pyridine rings is 1. The van der Waals surface area contributed by atoms with Crippen LogP contribution in [0, 0.1) is 5.82 Å². The van der Waals surface area contributed by atoms with E-state index in [0.29, 0.717) is 16.3 Å². The van der Waals surface area contributed by atoms with Crippen molar-refractivity contribution in [1.82, 2.24) is 14.8 Å². The Balaban J connectivity index is 2.61. The highest BCUT2D eigenvalue weighted by atomic mass is 79.9. The fourth-order valence-corrected chi connectivity index (χ4v) is 1.89. The highest BCUT2D eigenvalue weighted by molar-refractivity contribution is 9.10. The van der Waals surface area contributed by atoms with E-state index in [9.17, 15) is 9.18 Å². The first-order chi connectivity index (χ1) is 8.82. The summed E-state index contributed by atoms with van der Waals surface area (Å²) in [4.78, 5) is 15.1. The van der Waals surface area contributed by atoms with Crippen LogP contribution in [0.4, 0.5) is 4.39 Å². The van der Waals surface area contributed by atoms with Crippen molar-refractivity contribution in [3.63, 3.8) is 0 Å². The molecule has 0 spiro atoms. The van der Waals surface area contributed by atoms with Gasteiger partial charge in [0, 0.05) is 16.9 Å². The number of nitrogens with zero attached hydrogens (tertiary/aromatic N) is 3. The maximum absolute atomic E-state index is 13.9. The van der Waals surface area contributed by atoms with E-state index < -0.39 is 5.82 Å². The number of aldehydes is 1. The molecule has 0 aliphatic heterocycles. The van der Waals surface area contributed by atoms with Gasteiger partial charge in [-0.1, -0.05) is 0 Å². The summed E-state index contributed by atoms with van der Waals surface area (Å²) >= 11 is 3.14. The third-order valence-electron chi connectivity index (χ3n) is 2.59. The molecule has 0 aliphatic carbocycles. The molecule has 0 amide bonds. The zero-order chi connectivity index (χ0) is 14.2. The first-order valence-electron chi connectivity index (χ1n) is 5.69. The van der Waals surface area contributed by atoms with Crippen LogP contribution in [0.15, 0.2) is 22.9 Å². The summed E-state index contributed by atoms with van der Waals surface area (Å²) in [5, 5.41) is 4.28. The van der Waals surface area contributed by atoms with Gasteiger partial charge in [-0.05, 0) is 42.8 Å². The SMILES string of the molecule is CC(C)(C)n1cc(C=O)c(-c2ncc(Br)cc2F)n1. The van der Waals surface area contributed by atoms with Gasteiger partial charge in [0.25, 0.3) is 0 Å². The molecule has 100 valence electrons. The first kappa shape index (κ1) is 13.9. The summed E-state index contributed by atoms with van der Waals surface area (Å²) in [7, 11) is 0. The van der Waals surface area contributed by atoms with E-state index in [2.05, 4.69) is 26.0 Å². The van der Waals surface area contributed by atoms with E-state index in [-0.39, 0.29) is 16.9 Å². The minimum Gasteiger partial charge on any atom is -0.298 e. The second-order valence-corrected chi connectivity index (χ2v) is 6.07. The summed E-state index contributed by atoms with van der Waals surface area (Å²) in [6.45, 7) is 5.84. The molecule has 0 unspecified atom stereocenters. The number of carbonyl (C=O) groups is 1. The van der Waals surface area contributed by atoms with Crippen LogP contribution in [0.5, 0.6) is 0 Å². The predicted molar refractivity (Wildman–Crippen MR) is 73.5 cm³/mol. The number of halogens is 2. The highest BCUT2D eigenvalue weighted by Gasteiger charge is 2.21. The van der Waals surface area contributed by atoms with Gasteiger partial charge in [0.05, 0.1) is 11.1 Å². The topological polar surface area (TPSA) is 47.8 Å². The van der Waals surface area contributed by atoms with Gasteiger partial charge < -0.3 is 0 Å². The fraction of sp³-hybridized carbons (Fsp3) is 0.308. The minimum atomic E-state index is -0.517. The van der Waals surface area contributed by atoms with Gasteiger partial charge in [-0.15, -0.1) is 0 Å². The molecule has 0 fully saturated rings. The second kappa shape index (κ2) is 4.85. The zero-order valence-electron chi connectivity index (χ0n) is 10.8. The Morgan fingerprint density at radius 2 is 2.05 bits per heavy atom. The van der Waals surface area contributed by atoms with Crippen LogP contribution in [0.3, 0.4) is 0 Å². The van der Waals surface area contributed by atoms with Crippen molar-refractivity contribution in [2.24, 2.45) is 0 Å². The summed E-state index contributed by atoms with van der Waals surface area (Å²) in [5.74, 6) is -0.517. The molecule has 19 heavy (non-hydrogen) atoms. The van der Waals surface area contributed by atoms with Crippen molar-refractivity contribution in [3.8, 4) is 11.4 Å². The van der Waals surface area contributed by atoms with E-state index in [4.69, 9.17) is 0 Å². The average molecular weight is 326 g/mol. The maximum Gasteiger partial charge on any atom is 0.153 e. The molecule has 0 aromatic carbocycles. The van der Waals surface area contributed by atoms with E-state index in [1.54, 1.807) is 10.9 Å². The molecule has 2 aromatic rings. The fourth-order valence-electron chi connectivity index (χ4n) is 1.59. The Bertz CT molecular complexity index is 631. The number of hydrogen-bond acceptors (Lipinski definition) is 3. The van der Waals surface area contributed by atoms with E-state index in [1.165, 1.54) is 12.3 Å². The Kier molecular flexibility index (Phi) is 3.54. The van der Waals surface area contributed by atoms with Crippen molar-refractivity contribution in [1.29, 1.82) is 0 Å². The monoisotopic (exact) mass is 325 g/mol. The quantitative estimate of drug-likeness (QED) is 0.795. The van der Waals surface area contributed by atoms with Gasteiger partial charge >= 0.3 is 0 Å². The van der Waals surface area contributed by atoms with Gasteiger partial charge in [-0.3, -0.25) is 14.5 Å². The molecule has 0 atom stereocenters. The Hall–Kier alpha value is -1.56. The van der Waals surface area contributed by atoms with Crippen LogP contribution in [0.25, 0.3) is 11.4 Å². The molecule has 0 bridgehead atoms. The first-order valence-corrected chi connectivity index (χ1v) is 6.49. The van der Waals surface area contributed by atoms with Crippen molar-refractivity contribution in [2.75, 3.05) is 0 Å². The van der Waals surface area contributed by atoms with Gasteiger partial charge in [0.15, 0.2) is 12.1 Å². The van der Waals surface area contributed by atoms with E-state index in [0.717, 1.165) is 0 Å². The maximum atomic E-state index is 13.9. The average Bonchev–Trinajstić information content (AvgIpc) is 2.72. The minimum absolute atomic E-state index is 0.0771. The molecule has 2 heterocycles. The predicted octanol–water partition coefficient (Wildman–Crippen LogP) is 3.41. The smallest absolute Gasteiger partial charge is 0.153 e. The van der Waals surface area contributed by atoms with Crippen LogP contribution in [0.1, 0.15) is 31.1 Å². The lowest BCUT2D eigenvalue weighted by Gasteiger charge is -2.18. The van der Waals surface area contributed by atoms with Gasteiger partial charge in [0.1, 0.15) is 11.4 Å². The van der Waals surface area contributed by atoms with Crippen LogP contribution in [0.2, 0.25) is 0 Å². The Morgan fingerprint density at radius 3 is 2.58 bits per heavy atom. The van der Waals surface area contributed by atoms with Crippen molar-refractivity contribution < 1.29 is 9.18 Å².